The predicted octanol–water partition coefficient (Wildman–Crippen LogP) is 2.94. The number of esters is 1. The largest absolute Gasteiger partial charge is 0.458 e. The number of rotatable bonds is 3. The van der Waals surface area contributed by atoms with Gasteiger partial charge in [-0.2, -0.15) is 0 Å². The molecule has 1 unspecified atom stereocenters. The number of hydrogen-bond donors (Lipinski definition) is 3. The van der Waals surface area contributed by atoms with Crippen LogP contribution in [-0.2, 0) is 40.3 Å². The normalized spacial score (nSPS) is 16.1. The average molecular weight is 542 g/mol. The third-order valence-corrected chi connectivity index (χ3v) is 7.09. The number of nitrogens with two attached hydrogens (primary N) is 1. The Balaban J connectivity index is 0.000000307. The summed E-state index contributed by atoms with van der Waals surface area (Å²) < 4.78 is 25.3. The molecule has 4 N–H and O–H groups in total. The predicted molar refractivity (Wildman–Crippen MR) is 141 cm³/mol. The Bertz CT molecular complexity index is 1520. The number of aromatic nitrogens is 2. The lowest BCUT2D eigenvalue weighted by Gasteiger charge is -2.22. The van der Waals surface area contributed by atoms with Crippen molar-refractivity contribution in [3.63, 3.8) is 0 Å². The Labute approximate surface area is 224 Å². The quantitative estimate of drug-likeness (QED) is 0.264. The van der Waals surface area contributed by atoms with Crippen molar-refractivity contribution in [3.05, 3.63) is 61.7 Å². The standard InChI is InChI=1S/C22H17FN2O4.C4H9NO3.C2H6/c1-9-10-3-2-4-11-13-7-25-17(19(13)24-16(18(10)11)6-15(9)23)5-12-14(21(25)27)8-29-22(28)20(12)26;5-4(7)8-3-1-2-6;1-2/h5-6,20,26H,2-4,7-8H2,1H3;6H,1-3H2,(H2,5,7);1-2H3. The van der Waals surface area contributed by atoms with Crippen molar-refractivity contribution < 1.29 is 33.7 Å². The number of benzene rings is 1. The number of halogens is 1. The molecule has 0 saturated carbocycles. The summed E-state index contributed by atoms with van der Waals surface area (Å²) in [5.74, 6) is -1.03. The molecule has 3 aliphatic rings. The molecule has 2 aliphatic heterocycles. The fourth-order valence-electron chi connectivity index (χ4n) is 5.30. The number of aliphatic hydroxyl groups is 2. The van der Waals surface area contributed by atoms with Crippen LogP contribution in [0.2, 0.25) is 0 Å². The van der Waals surface area contributed by atoms with Gasteiger partial charge in [0.2, 0.25) is 0 Å². The van der Waals surface area contributed by atoms with Crippen LogP contribution in [0.15, 0.2) is 16.9 Å². The maximum atomic E-state index is 14.5. The van der Waals surface area contributed by atoms with Crippen LogP contribution in [0, 0.1) is 12.7 Å². The first-order valence-electron chi connectivity index (χ1n) is 13.0. The minimum Gasteiger partial charge on any atom is -0.458 e. The first-order chi connectivity index (χ1) is 18.7. The molecular formula is C28H32FN3O7. The zero-order valence-corrected chi connectivity index (χ0v) is 22.2. The van der Waals surface area contributed by atoms with Crippen molar-refractivity contribution in [2.75, 3.05) is 13.2 Å². The SMILES string of the molecule is CC.Cc1c(F)cc2nc3c(c4c2c1CCC4)Cn1c-3cc2c(c1=O)COC(=O)C2O.NC(=O)OCCCO. The Morgan fingerprint density at radius 1 is 1.21 bits per heavy atom. The van der Waals surface area contributed by atoms with Crippen LogP contribution in [-0.4, -0.2) is 45.0 Å². The van der Waals surface area contributed by atoms with Crippen molar-refractivity contribution in [3.8, 4) is 11.4 Å². The molecule has 11 heteroatoms. The van der Waals surface area contributed by atoms with Crippen molar-refractivity contribution in [2.45, 2.75) is 65.7 Å². The van der Waals surface area contributed by atoms with E-state index in [1.165, 1.54) is 6.07 Å². The molecular weight excluding hydrogens is 509 g/mol. The van der Waals surface area contributed by atoms with Crippen molar-refractivity contribution in [1.29, 1.82) is 0 Å². The maximum Gasteiger partial charge on any atom is 0.404 e. The third kappa shape index (κ3) is 4.99. The second-order valence-corrected chi connectivity index (χ2v) is 9.24. The highest BCUT2D eigenvalue weighted by atomic mass is 19.1. The minimum atomic E-state index is -1.48. The van der Waals surface area contributed by atoms with Gasteiger partial charge in [0.15, 0.2) is 6.10 Å². The number of primary amides is 1. The number of fused-ring (bicyclic) bond motifs is 5. The Morgan fingerprint density at radius 2 is 1.92 bits per heavy atom. The summed E-state index contributed by atoms with van der Waals surface area (Å²) in [7, 11) is 0. The van der Waals surface area contributed by atoms with Gasteiger partial charge in [-0.3, -0.25) is 4.79 Å². The minimum absolute atomic E-state index is 0.0211. The lowest BCUT2D eigenvalue weighted by Crippen LogP contribution is -2.32. The van der Waals surface area contributed by atoms with Gasteiger partial charge < -0.3 is 30.0 Å². The number of aryl methyl sites for hydroxylation is 2. The number of carbonyl (C=O) groups is 2. The van der Waals surface area contributed by atoms with E-state index < -0.39 is 18.2 Å². The molecule has 0 saturated heterocycles. The van der Waals surface area contributed by atoms with Gasteiger partial charge in [0.1, 0.15) is 12.4 Å². The number of ether oxygens (including phenoxy) is 2. The van der Waals surface area contributed by atoms with E-state index in [4.69, 9.17) is 14.8 Å². The van der Waals surface area contributed by atoms with Crippen LogP contribution in [0.3, 0.4) is 0 Å². The average Bonchev–Trinajstić information content (AvgIpc) is 3.30. The van der Waals surface area contributed by atoms with Crippen molar-refractivity contribution in [2.24, 2.45) is 5.73 Å². The molecule has 39 heavy (non-hydrogen) atoms. The summed E-state index contributed by atoms with van der Waals surface area (Å²) in [4.78, 5) is 39.4. The van der Waals surface area contributed by atoms with E-state index in [9.17, 15) is 23.9 Å². The molecule has 10 nitrogen and oxygen atoms in total. The lowest BCUT2D eigenvalue weighted by atomic mass is 9.85. The van der Waals surface area contributed by atoms with Crippen LogP contribution in [0.1, 0.15) is 66.2 Å². The number of amides is 1. The zero-order valence-electron chi connectivity index (χ0n) is 22.2. The molecule has 1 aromatic carbocycles. The molecule has 0 fully saturated rings. The lowest BCUT2D eigenvalue weighted by molar-refractivity contribution is -0.157. The second kappa shape index (κ2) is 11.5. The molecule has 208 valence electrons. The van der Waals surface area contributed by atoms with E-state index in [0.29, 0.717) is 41.0 Å². The van der Waals surface area contributed by atoms with E-state index in [0.717, 1.165) is 41.3 Å². The van der Waals surface area contributed by atoms with Gasteiger partial charge in [-0.15, -0.1) is 0 Å². The third-order valence-electron chi connectivity index (χ3n) is 7.09. The topological polar surface area (TPSA) is 154 Å². The summed E-state index contributed by atoms with van der Waals surface area (Å²) >= 11 is 0. The molecule has 2 aromatic heterocycles. The summed E-state index contributed by atoms with van der Waals surface area (Å²) in [5, 5.41) is 19.4. The second-order valence-electron chi connectivity index (χ2n) is 9.24. The van der Waals surface area contributed by atoms with E-state index in [2.05, 4.69) is 10.5 Å². The van der Waals surface area contributed by atoms with Crippen LogP contribution < -0.4 is 11.3 Å². The van der Waals surface area contributed by atoms with Gasteiger partial charge in [-0.05, 0) is 48.9 Å². The molecule has 1 amide bonds. The molecule has 6 rings (SSSR count). The monoisotopic (exact) mass is 541 g/mol. The van der Waals surface area contributed by atoms with Crippen molar-refractivity contribution in [1.82, 2.24) is 9.55 Å². The number of nitrogens with zero attached hydrogens (tertiary/aromatic N) is 2. The van der Waals surface area contributed by atoms with Gasteiger partial charge in [0.25, 0.3) is 5.56 Å². The van der Waals surface area contributed by atoms with E-state index in [1.54, 1.807) is 17.6 Å². The van der Waals surface area contributed by atoms with Crippen LogP contribution in [0.5, 0.6) is 0 Å². The van der Waals surface area contributed by atoms with Gasteiger partial charge in [0, 0.05) is 35.6 Å². The van der Waals surface area contributed by atoms with Gasteiger partial charge in [-0.1, -0.05) is 13.8 Å². The number of pyridine rings is 2. The van der Waals surface area contributed by atoms with Gasteiger partial charge >= 0.3 is 12.1 Å². The number of carbonyl (C=O) groups excluding carboxylic acids is 2. The molecule has 4 heterocycles. The van der Waals surface area contributed by atoms with E-state index in [1.807, 2.05) is 13.8 Å². The van der Waals surface area contributed by atoms with Crippen molar-refractivity contribution >= 4 is 23.0 Å². The highest BCUT2D eigenvalue weighted by Gasteiger charge is 2.35. The fourth-order valence-corrected chi connectivity index (χ4v) is 5.30. The Kier molecular flexibility index (Phi) is 8.31. The summed E-state index contributed by atoms with van der Waals surface area (Å²) in [6.45, 7) is 6.27. The number of hydrogen-bond acceptors (Lipinski definition) is 8. The van der Waals surface area contributed by atoms with E-state index in [-0.39, 0.29) is 36.8 Å². The Hall–Kier alpha value is -3.83. The number of aliphatic hydroxyl groups excluding tert-OH is 2. The van der Waals surface area contributed by atoms with Crippen LogP contribution in [0.25, 0.3) is 22.3 Å². The molecule has 3 aromatic rings. The smallest absolute Gasteiger partial charge is 0.404 e. The van der Waals surface area contributed by atoms with E-state index >= 15 is 0 Å². The number of cyclic esters (lactones) is 1. The van der Waals surface area contributed by atoms with Gasteiger partial charge in [0.05, 0.1) is 35.6 Å². The molecule has 0 bridgehead atoms. The molecule has 0 radical (unpaired) electrons. The molecule has 1 aliphatic carbocycles. The van der Waals surface area contributed by atoms with Crippen LogP contribution >= 0.6 is 0 Å². The van der Waals surface area contributed by atoms with Crippen LogP contribution in [0.4, 0.5) is 9.18 Å². The fraction of sp³-hybridized carbons (Fsp3) is 0.429. The highest BCUT2D eigenvalue weighted by Crippen LogP contribution is 2.41. The molecule has 0 spiro atoms. The Morgan fingerprint density at radius 3 is 2.62 bits per heavy atom. The first-order valence-corrected chi connectivity index (χ1v) is 13.0. The first kappa shape index (κ1) is 28.2. The summed E-state index contributed by atoms with van der Waals surface area (Å²) in [5.41, 5.74) is 10.5. The summed E-state index contributed by atoms with van der Waals surface area (Å²) in [6, 6.07) is 3.13. The summed E-state index contributed by atoms with van der Waals surface area (Å²) in [6.07, 6.45) is 0.770. The van der Waals surface area contributed by atoms with Gasteiger partial charge in [-0.25, -0.2) is 19.0 Å². The maximum absolute atomic E-state index is 14.5. The highest BCUT2D eigenvalue weighted by molar-refractivity contribution is 5.92. The zero-order chi connectivity index (χ0) is 28.4. The molecule has 1 atom stereocenters.